The SMILES string of the molecule is [C]#CC(CCCCC)c1cccc(C)c1C. The molecular weight excluding hydrogens is 192 g/mol. The summed E-state index contributed by atoms with van der Waals surface area (Å²) in [7, 11) is 0. The van der Waals surface area contributed by atoms with Crippen LogP contribution in [0.15, 0.2) is 18.2 Å². The molecule has 0 heteroatoms. The third-order valence-corrected chi connectivity index (χ3v) is 3.29. The van der Waals surface area contributed by atoms with E-state index in [0.717, 1.165) is 6.42 Å². The minimum Gasteiger partial charge on any atom is -0.0809 e. The van der Waals surface area contributed by atoms with Gasteiger partial charge in [0.15, 0.2) is 0 Å². The monoisotopic (exact) mass is 213 g/mol. The average molecular weight is 213 g/mol. The summed E-state index contributed by atoms with van der Waals surface area (Å²) in [6.07, 6.45) is 12.2. The molecule has 1 aromatic carbocycles. The first-order valence-corrected chi connectivity index (χ1v) is 6.19. The van der Waals surface area contributed by atoms with Gasteiger partial charge >= 0.3 is 0 Å². The lowest BCUT2D eigenvalue weighted by Crippen LogP contribution is -2.00. The maximum absolute atomic E-state index is 7.45. The quantitative estimate of drug-likeness (QED) is 0.497. The second-order valence-electron chi connectivity index (χ2n) is 4.48. The molecule has 0 bridgehead atoms. The molecule has 1 aromatic rings. The van der Waals surface area contributed by atoms with E-state index >= 15 is 0 Å². The van der Waals surface area contributed by atoms with Gasteiger partial charge in [-0.05, 0) is 43.4 Å². The minimum absolute atomic E-state index is 0.187. The van der Waals surface area contributed by atoms with Crippen molar-refractivity contribution in [1.82, 2.24) is 0 Å². The van der Waals surface area contributed by atoms with Crippen molar-refractivity contribution in [3.05, 3.63) is 41.3 Å². The zero-order valence-electron chi connectivity index (χ0n) is 10.6. The molecule has 85 valence electrons. The molecule has 1 radical (unpaired) electrons. The standard InChI is InChI=1S/C16H21/c1-5-7-8-11-15(6-2)16-12-9-10-13(3)14(16)4/h9-10,12,15H,5,7-8,11H2,1,3-4H3. The highest BCUT2D eigenvalue weighted by Crippen LogP contribution is 2.26. The van der Waals surface area contributed by atoms with Crippen LogP contribution in [-0.2, 0) is 0 Å². The summed E-state index contributed by atoms with van der Waals surface area (Å²) in [4.78, 5) is 0. The average Bonchev–Trinajstić information content (AvgIpc) is 2.29. The van der Waals surface area contributed by atoms with Gasteiger partial charge in [-0.2, -0.15) is 0 Å². The summed E-state index contributed by atoms with van der Waals surface area (Å²) in [6, 6.07) is 6.36. The van der Waals surface area contributed by atoms with E-state index < -0.39 is 0 Å². The van der Waals surface area contributed by atoms with Gasteiger partial charge in [0, 0.05) is 5.92 Å². The number of unbranched alkanes of at least 4 members (excludes halogenated alkanes) is 2. The molecule has 0 aromatic heterocycles. The Morgan fingerprint density at radius 3 is 2.62 bits per heavy atom. The summed E-state index contributed by atoms with van der Waals surface area (Å²) in [5.74, 6) is 2.88. The van der Waals surface area contributed by atoms with E-state index in [0.29, 0.717) is 0 Å². The lowest BCUT2D eigenvalue weighted by molar-refractivity contribution is 0.635. The Morgan fingerprint density at radius 2 is 2.00 bits per heavy atom. The number of hydrogen-bond donors (Lipinski definition) is 0. The highest BCUT2D eigenvalue weighted by atomic mass is 14.1. The first-order chi connectivity index (χ1) is 7.70. The summed E-state index contributed by atoms with van der Waals surface area (Å²) < 4.78 is 0. The summed E-state index contributed by atoms with van der Waals surface area (Å²) >= 11 is 0. The van der Waals surface area contributed by atoms with Gasteiger partial charge in [0.1, 0.15) is 0 Å². The zero-order valence-corrected chi connectivity index (χ0v) is 10.6. The molecule has 0 heterocycles. The molecule has 0 amide bonds. The Bertz CT molecular complexity index is 368. The van der Waals surface area contributed by atoms with Crippen molar-refractivity contribution >= 4 is 0 Å². The van der Waals surface area contributed by atoms with Crippen LogP contribution in [0, 0.1) is 26.2 Å². The molecule has 1 unspecified atom stereocenters. The second-order valence-corrected chi connectivity index (χ2v) is 4.48. The third-order valence-electron chi connectivity index (χ3n) is 3.29. The topological polar surface area (TPSA) is 0 Å². The van der Waals surface area contributed by atoms with Crippen molar-refractivity contribution in [1.29, 1.82) is 0 Å². The van der Waals surface area contributed by atoms with E-state index in [1.165, 1.54) is 36.0 Å². The van der Waals surface area contributed by atoms with E-state index in [4.69, 9.17) is 6.42 Å². The van der Waals surface area contributed by atoms with Crippen LogP contribution in [0.3, 0.4) is 0 Å². The van der Waals surface area contributed by atoms with Crippen molar-refractivity contribution in [2.45, 2.75) is 52.4 Å². The predicted octanol–water partition coefficient (Wildman–Crippen LogP) is 4.56. The van der Waals surface area contributed by atoms with E-state index in [9.17, 15) is 0 Å². The molecule has 0 nitrogen and oxygen atoms in total. The van der Waals surface area contributed by atoms with Gasteiger partial charge in [-0.25, -0.2) is 0 Å². The highest BCUT2D eigenvalue weighted by molar-refractivity contribution is 5.38. The normalized spacial score (nSPS) is 12.1. The van der Waals surface area contributed by atoms with Gasteiger partial charge in [0.2, 0.25) is 0 Å². The van der Waals surface area contributed by atoms with Gasteiger partial charge in [-0.1, -0.05) is 50.3 Å². The van der Waals surface area contributed by atoms with E-state index in [-0.39, 0.29) is 5.92 Å². The van der Waals surface area contributed by atoms with Crippen molar-refractivity contribution in [2.24, 2.45) is 0 Å². The van der Waals surface area contributed by atoms with Gasteiger partial charge in [-0.15, -0.1) is 0 Å². The molecule has 0 aliphatic carbocycles. The molecule has 1 atom stereocenters. The van der Waals surface area contributed by atoms with E-state index in [1.807, 2.05) is 0 Å². The highest BCUT2D eigenvalue weighted by Gasteiger charge is 2.11. The third kappa shape index (κ3) is 3.14. The molecular formula is C16H21. The van der Waals surface area contributed by atoms with Crippen LogP contribution in [0.2, 0.25) is 0 Å². The Balaban J connectivity index is 2.80. The maximum atomic E-state index is 7.45. The molecule has 0 fully saturated rings. The Kier molecular flexibility index (Phi) is 5.12. The molecule has 0 saturated heterocycles. The van der Waals surface area contributed by atoms with Crippen molar-refractivity contribution < 1.29 is 0 Å². The minimum atomic E-state index is 0.187. The predicted molar refractivity (Wildman–Crippen MR) is 69.9 cm³/mol. The fourth-order valence-corrected chi connectivity index (χ4v) is 2.06. The van der Waals surface area contributed by atoms with E-state index in [2.05, 4.69) is 44.9 Å². The van der Waals surface area contributed by atoms with Crippen LogP contribution in [0.5, 0.6) is 0 Å². The van der Waals surface area contributed by atoms with Gasteiger partial charge < -0.3 is 0 Å². The first-order valence-electron chi connectivity index (χ1n) is 6.19. The Hall–Kier alpha value is -1.22. The van der Waals surface area contributed by atoms with Crippen LogP contribution in [0.1, 0.15) is 55.2 Å². The lowest BCUT2D eigenvalue weighted by atomic mass is 9.89. The van der Waals surface area contributed by atoms with Crippen LogP contribution >= 0.6 is 0 Å². The summed E-state index contributed by atoms with van der Waals surface area (Å²) in [5, 5.41) is 0. The number of rotatable bonds is 5. The molecule has 0 N–H and O–H groups in total. The van der Waals surface area contributed by atoms with Crippen LogP contribution in [-0.4, -0.2) is 0 Å². The number of benzene rings is 1. The Labute approximate surface area is 100 Å². The lowest BCUT2D eigenvalue weighted by Gasteiger charge is -2.15. The van der Waals surface area contributed by atoms with Crippen LogP contribution in [0.4, 0.5) is 0 Å². The molecule has 16 heavy (non-hydrogen) atoms. The molecule has 1 rings (SSSR count). The summed E-state index contributed by atoms with van der Waals surface area (Å²) in [6.45, 7) is 6.49. The maximum Gasteiger partial charge on any atom is 0.0465 e. The van der Waals surface area contributed by atoms with Crippen molar-refractivity contribution in [3.8, 4) is 5.92 Å². The molecule has 0 aliphatic heterocycles. The van der Waals surface area contributed by atoms with Crippen molar-refractivity contribution in [2.75, 3.05) is 0 Å². The smallest absolute Gasteiger partial charge is 0.0465 e. The zero-order chi connectivity index (χ0) is 12.0. The molecule has 0 saturated carbocycles. The first kappa shape index (κ1) is 12.8. The van der Waals surface area contributed by atoms with Gasteiger partial charge in [0.25, 0.3) is 0 Å². The van der Waals surface area contributed by atoms with Crippen LogP contribution in [0.25, 0.3) is 0 Å². The molecule has 0 aliphatic rings. The van der Waals surface area contributed by atoms with Crippen molar-refractivity contribution in [3.63, 3.8) is 0 Å². The fourth-order valence-electron chi connectivity index (χ4n) is 2.06. The van der Waals surface area contributed by atoms with Gasteiger partial charge in [0.05, 0.1) is 0 Å². The van der Waals surface area contributed by atoms with Crippen LogP contribution < -0.4 is 0 Å². The van der Waals surface area contributed by atoms with E-state index in [1.54, 1.807) is 0 Å². The number of hydrogen-bond acceptors (Lipinski definition) is 0. The molecule has 0 spiro atoms. The Morgan fingerprint density at radius 1 is 1.25 bits per heavy atom. The number of aryl methyl sites for hydroxylation is 1. The summed E-state index contributed by atoms with van der Waals surface area (Å²) in [5.41, 5.74) is 3.92. The van der Waals surface area contributed by atoms with Gasteiger partial charge in [-0.3, -0.25) is 0 Å². The second kappa shape index (κ2) is 6.38. The largest absolute Gasteiger partial charge is 0.0809 e. The fraction of sp³-hybridized carbons (Fsp3) is 0.500.